The molecule has 0 unspecified atom stereocenters. The highest BCUT2D eigenvalue weighted by Crippen LogP contribution is 2.10. The van der Waals surface area contributed by atoms with E-state index in [9.17, 15) is 4.79 Å². The lowest BCUT2D eigenvalue weighted by Gasteiger charge is -2.00. The third-order valence-corrected chi connectivity index (χ3v) is 2.44. The van der Waals surface area contributed by atoms with Crippen molar-refractivity contribution in [1.82, 2.24) is 9.97 Å². The molecule has 0 aliphatic heterocycles. The molecule has 0 aromatic carbocycles. The third kappa shape index (κ3) is 3.79. The number of nitriles is 1. The lowest BCUT2D eigenvalue weighted by atomic mass is 10.2. The van der Waals surface area contributed by atoms with Crippen molar-refractivity contribution >= 4 is 17.4 Å². The minimum atomic E-state index is -0.203. The smallest absolute Gasteiger partial charge is 0.222 e. The topological polar surface area (TPSA) is 105 Å². The minimum absolute atomic E-state index is 0.203. The van der Waals surface area contributed by atoms with Gasteiger partial charge in [0, 0.05) is 24.9 Å². The number of nitrogens with zero attached hydrogens (tertiary/aromatic N) is 3. The lowest BCUT2D eigenvalue weighted by molar-refractivity contribution is -0.114. The molecule has 2 aromatic rings. The van der Waals surface area contributed by atoms with Crippen LogP contribution in [0.4, 0.5) is 11.5 Å². The second-order valence-electron chi connectivity index (χ2n) is 4.13. The highest BCUT2D eigenvalue weighted by atomic mass is 16.1. The summed E-state index contributed by atoms with van der Waals surface area (Å²) in [6.07, 6.45) is 2.96. The van der Waals surface area contributed by atoms with E-state index in [1.54, 1.807) is 18.3 Å². The molecule has 1 amide bonds. The van der Waals surface area contributed by atoms with Crippen LogP contribution in [-0.2, 0) is 4.79 Å². The molecule has 0 saturated heterocycles. The van der Waals surface area contributed by atoms with Gasteiger partial charge >= 0.3 is 0 Å². The largest absolute Gasteiger partial charge is 0.396 e. The van der Waals surface area contributed by atoms with Crippen LogP contribution in [0, 0.1) is 23.2 Å². The zero-order valence-electron chi connectivity index (χ0n) is 11.2. The van der Waals surface area contributed by atoms with Gasteiger partial charge in [0.1, 0.15) is 17.6 Å². The number of hydrogen-bond donors (Lipinski definition) is 2. The maximum absolute atomic E-state index is 11.0. The summed E-state index contributed by atoms with van der Waals surface area (Å²) < 4.78 is 0. The minimum Gasteiger partial charge on any atom is -0.396 e. The molecular formula is C15H11N5O. The molecule has 0 bridgehead atoms. The highest BCUT2D eigenvalue weighted by molar-refractivity contribution is 5.87. The second-order valence-corrected chi connectivity index (χ2v) is 4.13. The first-order chi connectivity index (χ1) is 10.1. The summed E-state index contributed by atoms with van der Waals surface area (Å²) in [6.45, 7) is 1.40. The zero-order chi connectivity index (χ0) is 15.2. The molecule has 2 heterocycles. The van der Waals surface area contributed by atoms with Crippen LogP contribution >= 0.6 is 0 Å². The van der Waals surface area contributed by atoms with E-state index in [0.717, 1.165) is 0 Å². The Labute approximate surface area is 121 Å². The first-order valence-corrected chi connectivity index (χ1v) is 6.00. The summed E-state index contributed by atoms with van der Waals surface area (Å²) in [7, 11) is 0. The Balaban J connectivity index is 2.27. The Kier molecular flexibility index (Phi) is 4.13. The molecule has 3 N–H and O–H groups in total. The zero-order valence-corrected chi connectivity index (χ0v) is 11.2. The summed E-state index contributed by atoms with van der Waals surface area (Å²) in [6, 6.07) is 6.83. The molecule has 0 radical (unpaired) electrons. The van der Waals surface area contributed by atoms with E-state index in [-0.39, 0.29) is 5.91 Å². The SMILES string of the molecule is CC(=O)Nc1cc(C#Cc2ncc(C#N)cc2N)ccn1. The summed E-state index contributed by atoms with van der Waals surface area (Å²) >= 11 is 0. The van der Waals surface area contributed by atoms with Crippen molar-refractivity contribution in [3.8, 4) is 17.9 Å². The fourth-order valence-corrected chi connectivity index (χ4v) is 1.54. The number of aromatic nitrogens is 2. The van der Waals surface area contributed by atoms with Crippen molar-refractivity contribution in [3.63, 3.8) is 0 Å². The summed E-state index contributed by atoms with van der Waals surface area (Å²) in [5, 5.41) is 11.3. The maximum atomic E-state index is 11.0. The molecule has 102 valence electrons. The van der Waals surface area contributed by atoms with Crippen LogP contribution in [0.15, 0.2) is 30.6 Å². The maximum Gasteiger partial charge on any atom is 0.222 e. The van der Waals surface area contributed by atoms with Crippen molar-refractivity contribution in [3.05, 3.63) is 47.4 Å². The van der Waals surface area contributed by atoms with E-state index < -0.39 is 0 Å². The van der Waals surface area contributed by atoms with Crippen LogP contribution in [0.3, 0.4) is 0 Å². The first kappa shape index (κ1) is 14.0. The number of carbonyl (C=O) groups is 1. The van der Waals surface area contributed by atoms with E-state index in [1.807, 2.05) is 6.07 Å². The van der Waals surface area contributed by atoms with Crippen molar-refractivity contribution in [1.29, 1.82) is 5.26 Å². The Bertz CT molecular complexity index is 796. The van der Waals surface area contributed by atoms with E-state index in [2.05, 4.69) is 27.1 Å². The second kappa shape index (κ2) is 6.18. The normalized spacial score (nSPS) is 9.14. The van der Waals surface area contributed by atoms with Gasteiger partial charge in [0.15, 0.2) is 0 Å². The van der Waals surface area contributed by atoms with Crippen molar-refractivity contribution < 1.29 is 4.79 Å². The van der Waals surface area contributed by atoms with Gasteiger partial charge in [-0.25, -0.2) is 9.97 Å². The van der Waals surface area contributed by atoms with E-state index in [4.69, 9.17) is 11.0 Å². The van der Waals surface area contributed by atoms with E-state index in [0.29, 0.717) is 28.3 Å². The van der Waals surface area contributed by atoms with Gasteiger partial charge in [0.25, 0.3) is 0 Å². The number of hydrogen-bond acceptors (Lipinski definition) is 5. The fourth-order valence-electron chi connectivity index (χ4n) is 1.54. The molecule has 0 saturated carbocycles. The number of nitrogens with one attached hydrogen (secondary N) is 1. The summed E-state index contributed by atoms with van der Waals surface area (Å²) in [5.74, 6) is 5.93. The van der Waals surface area contributed by atoms with Crippen LogP contribution in [0.5, 0.6) is 0 Å². The number of rotatable bonds is 1. The molecule has 0 atom stereocenters. The van der Waals surface area contributed by atoms with Gasteiger partial charge in [-0.05, 0) is 24.1 Å². The number of amides is 1. The molecule has 21 heavy (non-hydrogen) atoms. The van der Waals surface area contributed by atoms with Crippen molar-refractivity contribution in [2.24, 2.45) is 0 Å². The Morgan fingerprint density at radius 1 is 1.29 bits per heavy atom. The molecule has 6 heteroatoms. The van der Waals surface area contributed by atoms with Crippen molar-refractivity contribution in [2.45, 2.75) is 6.92 Å². The Morgan fingerprint density at radius 3 is 2.76 bits per heavy atom. The quantitative estimate of drug-likeness (QED) is 0.764. The molecule has 6 nitrogen and oxygen atoms in total. The van der Waals surface area contributed by atoms with Crippen LogP contribution in [0.2, 0.25) is 0 Å². The molecule has 0 fully saturated rings. The van der Waals surface area contributed by atoms with Gasteiger partial charge in [0.05, 0.1) is 11.3 Å². The van der Waals surface area contributed by atoms with E-state index in [1.165, 1.54) is 19.2 Å². The number of carbonyl (C=O) groups excluding carboxylic acids is 1. The molecule has 0 aliphatic carbocycles. The third-order valence-electron chi connectivity index (χ3n) is 2.44. The molecule has 0 spiro atoms. The summed E-state index contributed by atoms with van der Waals surface area (Å²) in [4.78, 5) is 19.0. The predicted molar refractivity (Wildman–Crippen MR) is 77.9 cm³/mol. The fraction of sp³-hybridized carbons (Fsp3) is 0.0667. The average molecular weight is 277 g/mol. The van der Waals surface area contributed by atoms with Gasteiger partial charge in [-0.3, -0.25) is 4.79 Å². The Morgan fingerprint density at radius 2 is 2.10 bits per heavy atom. The van der Waals surface area contributed by atoms with Crippen molar-refractivity contribution in [2.75, 3.05) is 11.1 Å². The van der Waals surface area contributed by atoms with Crippen LogP contribution in [-0.4, -0.2) is 15.9 Å². The number of pyridine rings is 2. The van der Waals surface area contributed by atoms with Crippen LogP contribution < -0.4 is 11.1 Å². The summed E-state index contributed by atoms with van der Waals surface area (Å²) in [5.41, 5.74) is 7.56. The van der Waals surface area contributed by atoms with Gasteiger partial charge in [-0.1, -0.05) is 5.92 Å². The highest BCUT2D eigenvalue weighted by Gasteiger charge is 2.00. The Hall–Kier alpha value is -3.38. The van der Waals surface area contributed by atoms with E-state index >= 15 is 0 Å². The van der Waals surface area contributed by atoms with Crippen LogP contribution in [0.25, 0.3) is 0 Å². The molecule has 2 rings (SSSR count). The van der Waals surface area contributed by atoms with Gasteiger partial charge < -0.3 is 11.1 Å². The standard InChI is InChI=1S/C15H11N5O/c1-10(21)20-15-7-11(4-5-18-15)2-3-14-13(17)6-12(8-16)9-19-14/h4-7,9H,17H2,1H3,(H,18,20,21). The number of anilines is 2. The van der Waals surface area contributed by atoms with Gasteiger partial charge in [-0.2, -0.15) is 5.26 Å². The number of nitrogen functional groups attached to an aromatic ring is 1. The lowest BCUT2D eigenvalue weighted by Crippen LogP contribution is -2.07. The number of nitrogens with two attached hydrogens (primary N) is 1. The average Bonchev–Trinajstić information content (AvgIpc) is 2.45. The monoisotopic (exact) mass is 277 g/mol. The predicted octanol–water partition coefficient (Wildman–Crippen LogP) is 1.29. The molecule has 2 aromatic heterocycles. The van der Waals surface area contributed by atoms with Gasteiger partial charge in [0.2, 0.25) is 5.91 Å². The van der Waals surface area contributed by atoms with Crippen LogP contribution in [0.1, 0.15) is 23.7 Å². The first-order valence-electron chi connectivity index (χ1n) is 6.00. The van der Waals surface area contributed by atoms with Gasteiger partial charge in [-0.15, -0.1) is 0 Å². The molecule has 0 aliphatic rings. The molecular weight excluding hydrogens is 266 g/mol.